The number of imidazole rings is 1. The van der Waals surface area contributed by atoms with Crippen LogP contribution in [0.5, 0.6) is 0 Å². The van der Waals surface area contributed by atoms with Crippen LogP contribution in [0, 0.1) is 11.7 Å². The minimum absolute atomic E-state index is 0.0550. The van der Waals surface area contributed by atoms with Crippen molar-refractivity contribution in [3.8, 4) is 0 Å². The number of halogens is 2. The van der Waals surface area contributed by atoms with E-state index in [4.69, 9.17) is 16.6 Å². The Labute approximate surface area is 174 Å². The van der Waals surface area contributed by atoms with Gasteiger partial charge in [0.15, 0.2) is 0 Å². The van der Waals surface area contributed by atoms with Crippen molar-refractivity contribution in [3.05, 3.63) is 41.2 Å². The molecular formula is C22H24ClFN4O. The number of hydrogen-bond donors (Lipinski definition) is 1. The van der Waals surface area contributed by atoms with Crippen LogP contribution in [0.1, 0.15) is 38.5 Å². The van der Waals surface area contributed by atoms with E-state index in [1.807, 2.05) is 22.8 Å². The van der Waals surface area contributed by atoms with Crippen LogP contribution in [0.3, 0.4) is 0 Å². The maximum absolute atomic E-state index is 14.1. The summed E-state index contributed by atoms with van der Waals surface area (Å²) >= 11 is 5.98. The Bertz CT molecular complexity index is 1010. The average molecular weight is 415 g/mol. The van der Waals surface area contributed by atoms with Gasteiger partial charge in [-0.1, -0.05) is 30.5 Å². The predicted octanol–water partition coefficient (Wildman–Crippen LogP) is 4.51. The molecule has 152 valence electrons. The predicted molar refractivity (Wildman–Crippen MR) is 113 cm³/mol. The van der Waals surface area contributed by atoms with Crippen molar-refractivity contribution < 1.29 is 9.18 Å². The molecule has 0 atom stereocenters. The summed E-state index contributed by atoms with van der Waals surface area (Å²) in [4.78, 5) is 19.6. The topological polar surface area (TPSA) is 50.2 Å². The second-order valence-electron chi connectivity index (χ2n) is 8.20. The van der Waals surface area contributed by atoms with Crippen LogP contribution in [0.15, 0.2) is 30.4 Å². The lowest BCUT2D eigenvalue weighted by Gasteiger charge is -2.33. The van der Waals surface area contributed by atoms with Crippen molar-refractivity contribution in [2.75, 3.05) is 18.0 Å². The number of piperidine rings is 1. The van der Waals surface area contributed by atoms with E-state index in [9.17, 15) is 9.18 Å². The number of nitrogens with one attached hydrogen (secondary N) is 1. The SMILES string of the molecule is O=C(NC1CCCC1)C1CCN(c2nc3cc(Cl)c(F)cc3n2C2=CC=C2)CC1. The van der Waals surface area contributed by atoms with E-state index < -0.39 is 5.82 Å². The standard InChI is InChI=1S/C22H24ClFN4O/c23-17-12-19-20(13-18(17)24)28(16-6-3-7-16)22(26-19)27-10-8-14(9-11-27)21(29)25-15-4-1-2-5-15/h3,6-7,12-15H,1-2,4-5,8-11H2,(H,25,29). The minimum atomic E-state index is -0.446. The van der Waals surface area contributed by atoms with Gasteiger partial charge in [-0.2, -0.15) is 0 Å². The zero-order chi connectivity index (χ0) is 20.0. The summed E-state index contributed by atoms with van der Waals surface area (Å²) in [7, 11) is 0. The first-order chi connectivity index (χ1) is 14.1. The van der Waals surface area contributed by atoms with Gasteiger partial charge >= 0.3 is 0 Å². The summed E-state index contributed by atoms with van der Waals surface area (Å²) in [5, 5.41) is 3.31. The highest BCUT2D eigenvalue weighted by molar-refractivity contribution is 6.31. The Hall–Kier alpha value is -2.34. The van der Waals surface area contributed by atoms with Crippen molar-refractivity contribution in [1.29, 1.82) is 0 Å². The zero-order valence-electron chi connectivity index (χ0n) is 16.2. The minimum Gasteiger partial charge on any atom is -0.353 e. The van der Waals surface area contributed by atoms with E-state index in [2.05, 4.69) is 10.2 Å². The lowest BCUT2D eigenvalue weighted by Crippen LogP contribution is -2.43. The molecule has 29 heavy (non-hydrogen) atoms. The molecule has 1 aliphatic heterocycles. The molecule has 0 spiro atoms. The van der Waals surface area contributed by atoms with Gasteiger partial charge in [0.2, 0.25) is 11.9 Å². The third-order valence-corrected chi connectivity index (χ3v) is 6.61. The number of nitrogens with zero attached hydrogens (tertiary/aromatic N) is 3. The molecule has 5 nitrogen and oxygen atoms in total. The fourth-order valence-electron chi connectivity index (χ4n) is 4.59. The maximum Gasteiger partial charge on any atom is 0.223 e. The first-order valence-corrected chi connectivity index (χ1v) is 10.8. The van der Waals surface area contributed by atoms with E-state index in [0.29, 0.717) is 17.1 Å². The quantitative estimate of drug-likeness (QED) is 0.800. The number of aromatic nitrogens is 2. The largest absolute Gasteiger partial charge is 0.353 e. The molecule has 2 aromatic rings. The van der Waals surface area contributed by atoms with Crippen molar-refractivity contribution in [2.45, 2.75) is 44.6 Å². The molecule has 0 radical (unpaired) electrons. The van der Waals surface area contributed by atoms with Gasteiger partial charge in [-0.3, -0.25) is 9.36 Å². The van der Waals surface area contributed by atoms with Crippen molar-refractivity contribution in [2.24, 2.45) is 5.92 Å². The lowest BCUT2D eigenvalue weighted by molar-refractivity contribution is -0.126. The summed E-state index contributed by atoms with van der Waals surface area (Å²) in [5.41, 5.74) is 2.36. The van der Waals surface area contributed by atoms with Gasteiger partial charge < -0.3 is 10.2 Å². The Morgan fingerprint density at radius 2 is 1.90 bits per heavy atom. The van der Waals surface area contributed by atoms with E-state index in [1.54, 1.807) is 6.07 Å². The van der Waals surface area contributed by atoms with Gasteiger partial charge in [0.05, 0.1) is 16.1 Å². The fraction of sp³-hybridized carbons (Fsp3) is 0.455. The Balaban J connectivity index is 1.36. The third kappa shape index (κ3) is 3.44. The molecule has 0 bridgehead atoms. The highest BCUT2D eigenvalue weighted by Crippen LogP contribution is 2.34. The Morgan fingerprint density at radius 3 is 2.55 bits per heavy atom. The summed E-state index contributed by atoms with van der Waals surface area (Å²) in [6.07, 6.45) is 12.2. The van der Waals surface area contributed by atoms with E-state index >= 15 is 0 Å². The van der Waals surface area contributed by atoms with Crippen LogP contribution in [-0.2, 0) is 4.79 Å². The summed E-state index contributed by atoms with van der Waals surface area (Å²) in [5.74, 6) is 0.591. The molecule has 1 saturated carbocycles. The maximum atomic E-state index is 14.1. The molecule has 3 aliphatic rings. The molecule has 2 aliphatic carbocycles. The average Bonchev–Trinajstić information content (AvgIpc) is 3.30. The normalized spacial score (nSPS) is 20.2. The Kier molecular flexibility index (Phi) is 4.82. The highest BCUT2D eigenvalue weighted by atomic mass is 35.5. The molecule has 1 aromatic heterocycles. The molecule has 2 heterocycles. The second kappa shape index (κ2) is 7.48. The van der Waals surface area contributed by atoms with E-state index in [-0.39, 0.29) is 16.8 Å². The zero-order valence-corrected chi connectivity index (χ0v) is 17.0. The number of carbonyl (C=O) groups excluding carboxylic acids is 1. The van der Waals surface area contributed by atoms with Crippen LogP contribution in [-0.4, -0.2) is 34.6 Å². The smallest absolute Gasteiger partial charge is 0.223 e. The number of benzene rings is 1. The van der Waals surface area contributed by atoms with Gasteiger partial charge in [0, 0.05) is 36.8 Å². The van der Waals surface area contributed by atoms with E-state index in [0.717, 1.165) is 50.4 Å². The van der Waals surface area contributed by atoms with Gasteiger partial charge in [-0.05, 0) is 43.9 Å². The molecule has 5 rings (SSSR count). The monoisotopic (exact) mass is 414 g/mol. The summed E-state index contributed by atoms with van der Waals surface area (Å²) < 4.78 is 16.1. The van der Waals surface area contributed by atoms with Gasteiger partial charge in [-0.15, -0.1) is 0 Å². The molecule has 1 N–H and O–H groups in total. The number of hydrogen-bond acceptors (Lipinski definition) is 3. The highest BCUT2D eigenvalue weighted by Gasteiger charge is 2.30. The van der Waals surface area contributed by atoms with E-state index in [1.165, 1.54) is 18.9 Å². The van der Waals surface area contributed by atoms with Crippen molar-refractivity contribution >= 4 is 40.2 Å². The van der Waals surface area contributed by atoms with Crippen molar-refractivity contribution in [3.63, 3.8) is 0 Å². The van der Waals surface area contributed by atoms with Crippen molar-refractivity contribution in [1.82, 2.24) is 14.9 Å². The summed E-state index contributed by atoms with van der Waals surface area (Å²) in [6.45, 7) is 1.50. The van der Waals surface area contributed by atoms with Crippen LogP contribution < -0.4 is 10.2 Å². The molecule has 1 amide bonds. The van der Waals surface area contributed by atoms with Gasteiger partial charge in [0.1, 0.15) is 5.82 Å². The first kappa shape index (κ1) is 18.7. The molecule has 7 heteroatoms. The van der Waals surface area contributed by atoms with Gasteiger partial charge in [0.25, 0.3) is 0 Å². The third-order valence-electron chi connectivity index (χ3n) is 6.32. The number of fused-ring (bicyclic) bond motifs is 1. The second-order valence-corrected chi connectivity index (χ2v) is 8.61. The number of carbonyl (C=O) groups is 1. The van der Waals surface area contributed by atoms with Crippen LogP contribution >= 0.6 is 11.6 Å². The number of amides is 1. The number of rotatable bonds is 4. The fourth-order valence-corrected chi connectivity index (χ4v) is 4.75. The Morgan fingerprint density at radius 1 is 1.17 bits per heavy atom. The molecular weight excluding hydrogens is 391 g/mol. The number of allylic oxidation sites excluding steroid dienone is 4. The van der Waals surface area contributed by atoms with Gasteiger partial charge in [-0.25, -0.2) is 9.37 Å². The van der Waals surface area contributed by atoms with Crippen LogP contribution in [0.2, 0.25) is 5.02 Å². The summed E-state index contributed by atoms with van der Waals surface area (Å²) in [6, 6.07) is 3.39. The van der Waals surface area contributed by atoms with Crippen LogP contribution in [0.4, 0.5) is 10.3 Å². The lowest BCUT2D eigenvalue weighted by atomic mass is 9.95. The van der Waals surface area contributed by atoms with Crippen LogP contribution in [0.25, 0.3) is 16.7 Å². The molecule has 1 aromatic carbocycles. The number of anilines is 1. The molecule has 1 saturated heterocycles. The molecule has 0 unspecified atom stereocenters. The first-order valence-electron chi connectivity index (χ1n) is 10.4. The molecule has 2 fully saturated rings.